The molecule has 1 aliphatic rings. The summed E-state index contributed by atoms with van der Waals surface area (Å²) in [5, 5.41) is 2.48. The van der Waals surface area contributed by atoms with Crippen LogP contribution in [-0.4, -0.2) is 24.2 Å². The van der Waals surface area contributed by atoms with Crippen LogP contribution in [0.25, 0.3) is 0 Å². The maximum atomic E-state index is 14.1. The molecule has 0 atom stereocenters. The van der Waals surface area contributed by atoms with Crippen molar-refractivity contribution in [3.05, 3.63) is 29.6 Å². The number of benzene rings is 1. The minimum atomic E-state index is -2.83. The van der Waals surface area contributed by atoms with E-state index >= 15 is 0 Å². The smallest absolute Gasteiger partial charge is 0.412 e. The third-order valence-electron chi connectivity index (χ3n) is 3.77. The third-order valence-corrected chi connectivity index (χ3v) is 3.77. The van der Waals surface area contributed by atoms with E-state index in [9.17, 15) is 18.0 Å². The van der Waals surface area contributed by atoms with E-state index in [1.54, 1.807) is 20.8 Å². The average Bonchev–Trinajstić information content (AvgIpc) is 2.35. The highest BCUT2D eigenvalue weighted by atomic mass is 19.3. The molecule has 0 spiro atoms. The second-order valence-electron chi connectivity index (χ2n) is 7.02. The van der Waals surface area contributed by atoms with Crippen molar-refractivity contribution in [2.45, 2.75) is 50.6 Å². The lowest BCUT2D eigenvalue weighted by Gasteiger charge is -2.47. The first kappa shape index (κ1) is 17.6. The van der Waals surface area contributed by atoms with Crippen LogP contribution in [0.5, 0.6) is 0 Å². The van der Waals surface area contributed by atoms with Crippen molar-refractivity contribution in [2.24, 2.45) is 5.73 Å². The molecule has 4 nitrogen and oxygen atoms in total. The number of halogens is 3. The van der Waals surface area contributed by atoms with Gasteiger partial charge >= 0.3 is 6.09 Å². The normalized spacial score (nSPS) is 18.9. The van der Waals surface area contributed by atoms with Crippen molar-refractivity contribution in [1.82, 2.24) is 0 Å². The Morgan fingerprint density at radius 1 is 1.35 bits per heavy atom. The van der Waals surface area contributed by atoms with Crippen molar-refractivity contribution in [3.8, 4) is 0 Å². The molecule has 1 aromatic carbocycles. The molecule has 3 N–H and O–H groups in total. The van der Waals surface area contributed by atoms with Gasteiger partial charge in [-0.15, -0.1) is 0 Å². The van der Waals surface area contributed by atoms with Gasteiger partial charge in [-0.2, -0.15) is 0 Å². The minimum absolute atomic E-state index is 0.0879. The van der Waals surface area contributed by atoms with Gasteiger partial charge in [0.2, 0.25) is 5.92 Å². The zero-order valence-corrected chi connectivity index (χ0v) is 13.4. The maximum Gasteiger partial charge on any atom is 0.412 e. The fourth-order valence-electron chi connectivity index (χ4n) is 2.81. The Bertz CT molecular complexity index is 604. The molecule has 0 saturated heterocycles. The van der Waals surface area contributed by atoms with Gasteiger partial charge in [-0.1, -0.05) is 0 Å². The topological polar surface area (TPSA) is 64.3 Å². The minimum Gasteiger partial charge on any atom is -0.444 e. The van der Waals surface area contributed by atoms with Crippen LogP contribution in [0.2, 0.25) is 0 Å². The molecule has 2 rings (SSSR count). The van der Waals surface area contributed by atoms with Crippen molar-refractivity contribution < 1.29 is 22.7 Å². The number of hydrogen-bond acceptors (Lipinski definition) is 3. The molecule has 1 fully saturated rings. The summed E-state index contributed by atoms with van der Waals surface area (Å²) >= 11 is 0. The van der Waals surface area contributed by atoms with E-state index in [1.807, 2.05) is 0 Å². The highest BCUT2D eigenvalue weighted by molar-refractivity contribution is 5.85. The molecule has 0 bridgehead atoms. The zero-order valence-electron chi connectivity index (χ0n) is 13.4. The van der Waals surface area contributed by atoms with E-state index in [2.05, 4.69) is 5.32 Å². The first-order valence-corrected chi connectivity index (χ1v) is 7.34. The van der Waals surface area contributed by atoms with Crippen molar-refractivity contribution in [1.29, 1.82) is 0 Å². The molecule has 0 radical (unpaired) electrons. The van der Waals surface area contributed by atoms with E-state index in [0.717, 1.165) is 6.07 Å². The van der Waals surface area contributed by atoms with Crippen LogP contribution in [-0.2, 0) is 10.2 Å². The number of nitrogens with one attached hydrogen (secondary N) is 1. The van der Waals surface area contributed by atoms with Gasteiger partial charge in [-0.25, -0.2) is 18.0 Å². The molecule has 0 heterocycles. The monoisotopic (exact) mass is 330 g/mol. The summed E-state index contributed by atoms with van der Waals surface area (Å²) in [4.78, 5) is 11.8. The van der Waals surface area contributed by atoms with Gasteiger partial charge in [-0.3, -0.25) is 5.32 Å². The number of carbonyl (C=O) groups excluding carboxylic acids is 1. The van der Waals surface area contributed by atoms with Crippen molar-refractivity contribution in [2.75, 3.05) is 11.9 Å². The van der Waals surface area contributed by atoms with Gasteiger partial charge in [-0.05, 0) is 44.5 Å². The Balaban J connectivity index is 2.21. The quantitative estimate of drug-likeness (QED) is 0.886. The fraction of sp³-hybridized carbons (Fsp3) is 0.562. The van der Waals surface area contributed by atoms with Crippen LogP contribution < -0.4 is 11.1 Å². The van der Waals surface area contributed by atoms with Gasteiger partial charge in [0.1, 0.15) is 11.4 Å². The predicted molar refractivity (Wildman–Crippen MR) is 81.2 cm³/mol. The number of anilines is 1. The summed E-state index contributed by atoms with van der Waals surface area (Å²) < 4.78 is 45.7. The maximum absolute atomic E-state index is 14.1. The van der Waals surface area contributed by atoms with Crippen LogP contribution in [0.1, 0.15) is 39.2 Å². The second-order valence-corrected chi connectivity index (χ2v) is 7.02. The van der Waals surface area contributed by atoms with Gasteiger partial charge in [0, 0.05) is 30.5 Å². The number of alkyl halides is 2. The number of nitrogens with two attached hydrogens (primary N) is 1. The van der Waals surface area contributed by atoms with Crippen LogP contribution in [0.4, 0.5) is 23.7 Å². The lowest BCUT2D eigenvalue weighted by atomic mass is 9.62. The molecule has 23 heavy (non-hydrogen) atoms. The second kappa shape index (κ2) is 5.70. The first-order valence-electron chi connectivity index (χ1n) is 7.34. The Hall–Kier alpha value is -1.76. The van der Waals surface area contributed by atoms with Gasteiger partial charge < -0.3 is 10.5 Å². The van der Waals surface area contributed by atoms with E-state index in [0.29, 0.717) is 0 Å². The Morgan fingerprint density at radius 2 is 1.96 bits per heavy atom. The van der Waals surface area contributed by atoms with Crippen LogP contribution in [0, 0.1) is 5.82 Å². The summed E-state index contributed by atoms with van der Waals surface area (Å²) in [5.74, 6) is -3.44. The highest BCUT2D eigenvalue weighted by Crippen LogP contribution is 2.53. The number of hydrogen-bond donors (Lipinski definition) is 2. The van der Waals surface area contributed by atoms with Crippen molar-refractivity contribution >= 4 is 11.8 Å². The SMILES string of the molecule is CC(C)(C)OC(=O)Nc1ccc(F)c(C2(CN)CC(F)(F)C2)c1. The lowest BCUT2D eigenvalue weighted by molar-refractivity contribution is -0.124. The van der Waals surface area contributed by atoms with E-state index in [-0.39, 0.29) is 17.8 Å². The summed E-state index contributed by atoms with van der Waals surface area (Å²) in [6.45, 7) is 5.04. The molecule has 0 aromatic heterocycles. The van der Waals surface area contributed by atoms with Gasteiger partial charge in [0.05, 0.1) is 0 Å². The molecule has 1 aliphatic carbocycles. The molecule has 1 saturated carbocycles. The van der Waals surface area contributed by atoms with Gasteiger partial charge in [0.15, 0.2) is 0 Å². The molecule has 0 unspecified atom stereocenters. The van der Waals surface area contributed by atoms with Crippen LogP contribution >= 0.6 is 0 Å². The first-order chi connectivity index (χ1) is 10.5. The number of ether oxygens (including phenoxy) is 1. The molecule has 128 valence electrons. The number of carbonyl (C=O) groups is 1. The Labute approximate surface area is 133 Å². The Morgan fingerprint density at radius 3 is 2.43 bits per heavy atom. The predicted octanol–water partition coefficient (Wildman–Crippen LogP) is 3.80. The summed E-state index contributed by atoms with van der Waals surface area (Å²) in [7, 11) is 0. The van der Waals surface area contributed by atoms with Gasteiger partial charge in [0.25, 0.3) is 0 Å². The summed E-state index contributed by atoms with van der Waals surface area (Å²) in [6, 6.07) is 3.83. The number of amides is 1. The fourth-order valence-corrected chi connectivity index (χ4v) is 2.81. The molecule has 7 heteroatoms. The van der Waals surface area contributed by atoms with E-state index in [4.69, 9.17) is 10.5 Å². The number of rotatable bonds is 3. The van der Waals surface area contributed by atoms with Crippen molar-refractivity contribution in [3.63, 3.8) is 0 Å². The summed E-state index contributed by atoms with van der Waals surface area (Å²) in [6.07, 6.45) is -1.69. The molecule has 1 amide bonds. The molecular formula is C16H21F3N2O2. The average molecular weight is 330 g/mol. The van der Waals surface area contributed by atoms with Crippen LogP contribution in [0.15, 0.2) is 18.2 Å². The molecular weight excluding hydrogens is 309 g/mol. The molecule has 0 aliphatic heterocycles. The largest absolute Gasteiger partial charge is 0.444 e. The van der Waals surface area contributed by atoms with E-state index < -0.39 is 41.7 Å². The zero-order chi connectivity index (χ0) is 17.5. The molecule has 1 aromatic rings. The van der Waals surface area contributed by atoms with Crippen LogP contribution in [0.3, 0.4) is 0 Å². The highest BCUT2D eigenvalue weighted by Gasteiger charge is 2.57. The standard InChI is InChI=1S/C16H21F3N2O2/c1-14(2,3)23-13(22)21-10-4-5-12(17)11(6-10)15(9-20)7-16(18,19)8-15/h4-6H,7-9,20H2,1-3H3,(H,21,22). The Kier molecular flexibility index (Phi) is 4.36. The third kappa shape index (κ3) is 3.96. The van der Waals surface area contributed by atoms with E-state index in [1.165, 1.54) is 12.1 Å². The summed E-state index contributed by atoms with van der Waals surface area (Å²) in [5.41, 5.74) is 4.21. The lowest BCUT2D eigenvalue weighted by Crippen LogP contribution is -2.54.